The zero-order chi connectivity index (χ0) is 32.4. The molecule has 2 amide bonds. The van der Waals surface area contributed by atoms with Gasteiger partial charge in [-0.2, -0.15) is 9.97 Å². The van der Waals surface area contributed by atoms with E-state index < -0.39 is 35.5 Å². The van der Waals surface area contributed by atoms with Gasteiger partial charge in [-0.05, 0) is 99.8 Å². The lowest BCUT2D eigenvalue weighted by atomic mass is 10.1. The summed E-state index contributed by atoms with van der Waals surface area (Å²) in [5.41, 5.74) is 1.72. The second-order valence-electron chi connectivity index (χ2n) is 13.2. The van der Waals surface area contributed by atoms with Gasteiger partial charge in [-0.25, -0.2) is 19.5 Å². The first-order valence-corrected chi connectivity index (χ1v) is 14.7. The van der Waals surface area contributed by atoms with Crippen LogP contribution in [0.5, 0.6) is 0 Å². The molecule has 3 aromatic rings. The number of carbonyl (C=O) groups excluding carboxylic acids is 2. The highest BCUT2D eigenvalue weighted by Crippen LogP contribution is 2.32. The number of aromatic nitrogens is 5. The number of nitrogens with zero attached hydrogens (tertiary/aromatic N) is 7. The fraction of sp³-hybridized carbons (Fsp3) is 0.613. The van der Waals surface area contributed by atoms with Crippen molar-refractivity contribution in [1.29, 1.82) is 0 Å². The molecule has 0 aromatic carbocycles. The van der Waals surface area contributed by atoms with E-state index in [0.29, 0.717) is 17.6 Å². The maximum absolute atomic E-state index is 13.9. The Morgan fingerprint density at radius 1 is 0.977 bits per heavy atom. The molecule has 43 heavy (non-hydrogen) atoms. The monoisotopic (exact) mass is 597 g/mol. The summed E-state index contributed by atoms with van der Waals surface area (Å²) < 4.78 is 13.4. The van der Waals surface area contributed by atoms with Crippen LogP contribution in [-0.2, 0) is 16.0 Å². The van der Waals surface area contributed by atoms with Gasteiger partial charge in [-0.15, -0.1) is 0 Å². The Morgan fingerprint density at radius 2 is 1.58 bits per heavy atom. The number of fused-ring (bicyclic) bond motifs is 1. The Hall–Kier alpha value is -3.80. The van der Waals surface area contributed by atoms with Crippen molar-refractivity contribution < 1.29 is 24.2 Å². The third-order valence-corrected chi connectivity index (χ3v) is 6.61. The predicted octanol–water partition coefficient (Wildman–Crippen LogP) is 6.26. The van der Waals surface area contributed by atoms with Crippen molar-refractivity contribution in [3.8, 4) is 0 Å². The first-order valence-electron chi connectivity index (χ1n) is 14.7. The summed E-state index contributed by atoms with van der Waals surface area (Å²) in [6, 6.07) is 1.18. The minimum Gasteiger partial charge on any atom is -0.443 e. The molecular formula is C31H47N7O5. The van der Waals surface area contributed by atoms with Crippen LogP contribution < -0.4 is 9.80 Å². The van der Waals surface area contributed by atoms with Crippen LogP contribution in [-0.4, -0.2) is 65.1 Å². The molecule has 0 bridgehead atoms. The molecule has 0 spiro atoms. The van der Waals surface area contributed by atoms with Gasteiger partial charge >= 0.3 is 12.2 Å². The lowest BCUT2D eigenvalue weighted by Crippen LogP contribution is -2.49. The van der Waals surface area contributed by atoms with Crippen LogP contribution in [0.1, 0.15) is 98.5 Å². The summed E-state index contributed by atoms with van der Waals surface area (Å²) in [4.78, 5) is 48.9. The molecule has 12 nitrogen and oxygen atoms in total. The van der Waals surface area contributed by atoms with E-state index in [2.05, 4.69) is 9.97 Å². The van der Waals surface area contributed by atoms with Crippen LogP contribution in [0.4, 0.5) is 21.4 Å². The summed E-state index contributed by atoms with van der Waals surface area (Å²) in [5.74, 6) is 0.127. The quantitative estimate of drug-likeness (QED) is 0.319. The average Bonchev–Trinajstić information content (AvgIpc) is 3.28. The van der Waals surface area contributed by atoms with Gasteiger partial charge < -0.3 is 19.1 Å². The molecule has 2 atom stereocenters. The fourth-order valence-corrected chi connectivity index (χ4v) is 4.58. The van der Waals surface area contributed by atoms with Gasteiger partial charge in [-0.1, -0.05) is 6.92 Å². The molecule has 3 heterocycles. The number of carbonyl (C=O) groups is 2. The second kappa shape index (κ2) is 12.8. The van der Waals surface area contributed by atoms with E-state index in [9.17, 15) is 14.7 Å². The molecule has 3 rings (SSSR count). The Morgan fingerprint density at radius 3 is 2.09 bits per heavy atom. The number of aryl methyl sites for hydroxylation is 2. The number of pyridine rings is 1. The molecule has 236 valence electrons. The molecule has 0 radical (unpaired) electrons. The smallest absolute Gasteiger partial charge is 0.417 e. The Labute approximate surface area is 254 Å². The molecule has 0 saturated carbocycles. The van der Waals surface area contributed by atoms with Crippen LogP contribution >= 0.6 is 0 Å². The van der Waals surface area contributed by atoms with Crippen LogP contribution in [0.3, 0.4) is 0 Å². The summed E-state index contributed by atoms with van der Waals surface area (Å²) in [7, 11) is 0. The van der Waals surface area contributed by atoms with Crippen molar-refractivity contribution in [2.45, 2.75) is 125 Å². The summed E-state index contributed by atoms with van der Waals surface area (Å²) in [6.07, 6.45) is 1.45. The van der Waals surface area contributed by atoms with Gasteiger partial charge in [0.25, 0.3) is 0 Å². The van der Waals surface area contributed by atoms with E-state index in [1.807, 2.05) is 45.3 Å². The topological polar surface area (TPSA) is 136 Å². The number of anilines is 2. The molecule has 12 heteroatoms. The number of hydrogen-bond donors (Lipinski definition) is 1. The van der Waals surface area contributed by atoms with Gasteiger partial charge in [0.2, 0.25) is 5.95 Å². The minimum atomic E-state index is -0.932. The van der Waals surface area contributed by atoms with Gasteiger partial charge in [0.1, 0.15) is 11.2 Å². The molecule has 1 N–H and O–H groups in total. The average molecular weight is 598 g/mol. The van der Waals surface area contributed by atoms with Crippen molar-refractivity contribution in [1.82, 2.24) is 24.5 Å². The fourth-order valence-electron chi connectivity index (χ4n) is 4.58. The molecule has 0 aliphatic heterocycles. The zero-order valence-electron chi connectivity index (χ0n) is 27.6. The van der Waals surface area contributed by atoms with Crippen LogP contribution in [0.15, 0.2) is 18.6 Å². The predicted molar refractivity (Wildman–Crippen MR) is 166 cm³/mol. The summed E-state index contributed by atoms with van der Waals surface area (Å²) in [5, 5.41) is 10.7. The molecule has 3 aromatic heterocycles. The number of rotatable bonds is 8. The standard InChI is InChI=1S/C31H47N7O5/c1-13-23(21(6)39)38(29(41)43-31(10,11)12)27-34-25(24-26(35-27)37(17-33-24)18(2)3)36(28(40)42-30(7,8)9)16-22-15-32-20(5)14-19(22)4/h14-15,17-18,21,23,39H,13,16H2,1-12H3/t21-,23+/m1/s1. The zero-order valence-corrected chi connectivity index (χ0v) is 27.6. The largest absolute Gasteiger partial charge is 0.443 e. The number of hydrogen-bond acceptors (Lipinski definition) is 9. The van der Waals surface area contributed by atoms with E-state index in [1.165, 1.54) is 9.80 Å². The lowest BCUT2D eigenvalue weighted by molar-refractivity contribution is 0.0514. The summed E-state index contributed by atoms with van der Waals surface area (Å²) in [6.45, 7) is 22.0. The number of ether oxygens (including phenoxy) is 2. The molecule has 0 fully saturated rings. The van der Waals surface area contributed by atoms with Gasteiger partial charge in [0, 0.05) is 17.9 Å². The van der Waals surface area contributed by atoms with E-state index in [-0.39, 0.29) is 24.4 Å². The number of aliphatic hydroxyl groups excluding tert-OH is 1. The SMILES string of the molecule is CC[C@@H]([C@@H](C)O)N(C(=O)OC(C)(C)C)c1nc(N(Cc2cnc(C)cc2C)C(=O)OC(C)(C)C)c2ncn(C(C)C)c2n1. The lowest BCUT2D eigenvalue weighted by Gasteiger charge is -2.34. The maximum atomic E-state index is 13.9. The summed E-state index contributed by atoms with van der Waals surface area (Å²) >= 11 is 0. The van der Waals surface area contributed by atoms with E-state index >= 15 is 0 Å². The Kier molecular flexibility index (Phi) is 10.1. The molecule has 0 unspecified atom stereocenters. The number of imidazole rings is 1. The van der Waals surface area contributed by atoms with Crippen LogP contribution in [0, 0.1) is 13.8 Å². The first kappa shape index (κ1) is 33.7. The molecule has 0 saturated heterocycles. The van der Waals surface area contributed by atoms with Gasteiger partial charge in [0.05, 0.1) is 25.0 Å². The van der Waals surface area contributed by atoms with Crippen LogP contribution in [0.2, 0.25) is 0 Å². The minimum absolute atomic E-state index is 0.0285. The van der Waals surface area contributed by atoms with Crippen molar-refractivity contribution in [2.24, 2.45) is 0 Å². The van der Waals surface area contributed by atoms with Gasteiger partial charge in [0.15, 0.2) is 17.0 Å². The maximum Gasteiger partial charge on any atom is 0.417 e. The van der Waals surface area contributed by atoms with E-state index in [0.717, 1.165) is 16.8 Å². The number of aliphatic hydroxyl groups is 1. The highest BCUT2D eigenvalue weighted by molar-refractivity contribution is 5.97. The second-order valence-corrected chi connectivity index (χ2v) is 13.2. The first-order chi connectivity index (χ1) is 19.8. The normalized spacial score (nSPS) is 13.6. The highest BCUT2D eigenvalue weighted by Gasteiger charge is 2.36. The van der Waals surface area contributed by atoms with Crippen molar-refractivity contribution >= 4 is 35.1 Å². The Balaban J connectivity index is 2.37. The van der Waals surface area contributed by atoms with Crippen molar-refractivity contribution in [3.63, 3.8) is 0 Å². The van der Waals surface area contributed by atoms with E-state index in [1.54, 1.807) is 61.0 Å². The third kappa shape index (κ3) is 8.19. The van der Waals surface area contributed by atoms with Crippen molar-refractivity contribution in [3.05, 3.63) is 35.4 Å². The molecule has 0 aliphatic carbocycles. The van der Waals surface area contributed by atoms with Crippen molar-refractivity contribution in [2.75, 3.05) is 9.80 Å². The molecular weight excluding hydrogens is 550 g/mol. The van der Waals surface area contributed by atoms with Crippen LogP contribution in [0.25, 0.3) is 11.2 Å². The molecule has 0 aliphatic rings. The van der Waals surface area contributed by atoms with Gasteiger partial charge in [-0.3, -0.25) is 9.88 Å². The third-order valence-electron chi connectivity index (χ3n) is 6.61. The van der Waals surface area contributed by atoms with E-state index in [4.69, 9.17) is 19.4 Å². The Bertz CT molecular complexity index is 1450. The number of amides is 2. The highest BCUT2D eigenvalue weighted by atomic mass is 16.6.